The predicted octanol–water partition coefficient (Wildman–Crippen LogP) is 2.68. The molecule has 0 saturated carbocycles. The summed E-state index contributed by atoms with van der Waals surface area (Å²) in [6.07, 6.45) is 1.52. The van der Waals surface area contributed by atoms with Gasteiger partial charge < -0.3 is 15.1 Å². The first-order chi connectivity index (χ1) is 17.8. The van der Waals surface area contributed by atoms with Gasteiger partial charge in [0.15, 0.2) is 17.1 Å². The number of anilines is 2. The van der Waals surface area contributed by atoms with Crippen molar-refractivity contribution < 1.29 is 9.21 Å². The molecule has 1 aromatic carbocycles. The first-order valence-electron chi connectivity index (χ1n) is 11.7. The van der Waals surface area contributed by atoms with E-state index in [1.807, 2.05) is 30.3 Å². The Bertz CT molecular complexity index is 1730. The van der Waals surface area contributed by atoms with Crippen molar-refractivity contribution in [1.82, 2.24) is 24.3 Å². The Morgan fingerprint density at radius 3 is 2.59 bits per heavy atom. The second-order valence-corrected chi connectivity index (χ2v) is 8.55. The van der Waals surface area contributed by atoms with Crippen molar-refractivity contribution in [3.8, 4) is 11.5 Å². The molecule has 4 heterocycles. The SMILES string of the molecule is CCN(C(=O)c1cc(-c2ccco2)nc2c1c(C)nn2C)c1c(N)n(Cc2ccccc2)c(=O)[nH]c1=O. The number of nitrogen functional groups attached to an aromatic ring is 1. The highest BCUT2D eigenvalue weighted by atomic mass is 16.3. The van der Waals surface area contributed by atoms with E-state index in [1.54, 1.807) is 43.8 Å². The molecule has 0 fully saturated rings. The summed E-state index contributed by atoms with van der Waals surface area (Å²) in [7, 11) is 1.74. The van der Waals surface area contributed by atoms with Crippen molar-refractivity contribution >= 4 is 28.4 Å². The number of H-pyrrole nitrogens is 1. The highest BCUT2D eigenvalue weighted by Crippen LogP contribution is 2.29. The Morgan fingerprint density at radius 2 is 1.92 bits per heavy atom. The summed E-state index contributed by atoms with van der Waals surface area (Å²) in [6, 6.07) is 14.3. The van der Waals surface area contributed by atoms with E-state index in [0.717, 1.165) is 5.56 Å². The fourth-order valence-corrected chi connectivity index (χ4v) is 4.47. The van der Waals surface area contributed by atoms with Gasteiger partial charge in [-0.15, -0.1) is 0 Å². The summed E-state index contributed by atoms with van der Waals surface area (Å²) in [6.45, 7) is 3.76. The fourth-order valence-electron chi connectivity index (χ4n) is 4.47. The molecule has 0 bridgehead atoms. The van der Waals surface area contributed by atoms with Gasteiger partial charge in [-0.1, -0.05) is 30.3 Å². The van der Waals surface area contributed by atoms with Crippen LogP contribution in [-0.4, -0.2) is 36.8 Å². The maximum absolute atomic E-state index is 14.1. The number of carbonyl (C=O) groups is 1. The zero-order chi connectivity index (χ0) is 26.3. The van der Waals surface area contributed by atoms with Crippen molar-refractivity contribution in [3.05, 3.63) is 92.5 Å². The first-order valence-corrected chi connectivity index (χ1v) is 11.7. The molecular weight excluding hydrogens is 474 g/mol. The maximum Gasteiger partial charge on any atom is 0.330 e. The lowest BCUT2D eigenvalue weighted by atomic mass is 10.1. The topological polar surface area (TPSA) is 145 Å². The fraction of sp³-hybridized carbons (Fsp3) is 0.192. The van der Waals surface area contributed by atoms with E-state index in [4.69, 9.17) is 10.2 Å². The van der Waals surface area contributed by atoms with Gasteiger partial charge in [-0.25, -0.2) is 9.78 Å². The summed E-state index contributed by atoms with van der Waals surface area (Å²) in [5.41, 5.74) is 7.50. The molecule has 0 radical (unpaired) electrons. The van der Waals surface area contributed by atoms with Crippen LogP contribution >= 0.6 is 0 Å². The van der Waals surface area contributed by atoms with Crippen LogP contribution < -0.4 is 21.9 Å². The predicted molar refractivity (Wildman–Crippen MR) is 140 cm³/mol. The summed E-state index contributed by atoms with van der Waals surface area (Å²) < 4.78 is 8.35. The number of hydrogen-bond donors (Lipinski definition) is 2. The summed E-state index contributed by atoms with van der Waals surface area (Å²) in [5.74, 6) is -0.111. The number of aryl methyl sites for hydroxylation is 2. The van der Waals surface area contributed by atoms with Gasteiger partial charge in [-0.05, 0) is 37.6 Å². The highest BCUT2D eigenvalue weighted by Gasteiger charge is 2.28. The van der Waals surface area contributed by atoms with Crippen molar-refractivity contribution in [3.63, 3.8) is 0 Å². The molecule has 5 rings (SSSR count). The Labute approximate surface area is 210 Å². The highest BCUT2D eigenvalue weighted by molar-refractivity contribution is 6.15. The molecule has 5 aromatic rings. The van der Waals surface area contributed by atoms with Crippen LogP contribution in [0.2, 0.25) is 0 Å². The quantitative estimate of drug-likeness (QED) is 0.365. The molecular formula is C26H25N7O4. The Hall–Kier alpha value is -4.93. The van der Waals surface area contributed by atoms with Gasteiger partial charge in [0.1, 0.15) is 11.5 Å². The smallest absolute Gasteiger partial charge is 0.330 e. The third kappa shape index (κ3) is 4.10. The van der Waals surface area contributed by atoms with Gasteiger partial charge in [-0.2, -0.15) is 5.10 Å². The van der Waals surface area contributed by atoms with Crippen LogP contribution in [-0.2, 0) is 13.6 Å². The van der Waals surface area contributed by atoms with Crippen LogP contribution in [0.4, 0.5) is 11.5 Å². The number of aromatic amines is 1. The summed E-state index contributed by atoms with van der Waals surface area (Å²) in [4.78, 5) is 48.0. The number of carbonyl (C=O) groups excluding carboxylic acids is 1. The summed E-state index contributed by atoms with van der Waals surface area (Å²) >= 11 is 0. The molecule has 37 heavy (non-hydrogen) atoms. The lowest BCUT2D eigenvalue weighted by molar-refractivity contribution is 0.0989. The largest absolute Gasteiger partial charge is 0.463 e. The number of amides is 1. The molecule has 0 aliphatic carbocycles. The normalized spacial score (nSPS) is 11.2. The number of benzene rings is 1. The number of nitrogens with two attached hydrogens (primary N) is 1. The number of nitrogens with zero attached hydrogens (tertiary/aromatic N) is 5. The first kappa shape index (κ1) is 23.8. The zero-order valence-electron chi connectivity index (χ0n) is 20.6. The Kier molecular flexibility index (Phi) is 5.96. The van der Waals surface area contributed by atoms with Gasteiger partial charge in [0.25, 0.3) is 11.5 Å². The van der Waals surface area contributed by atoms with Crippen LogP contribution in [0.1, 0.15) is 28.5 Å². The Balaban J connectivity index is 1.68. The van der Waals surface area contributed by atoms with E-state index in [2.05, 4.69) is 15.1 Å². The molecule has 0 aliphatic heterocycles. The van der Waals surface area contributed by atoms with Crippen LogP contribution in [0.25, 0.3) is 22.5 Å². The van der Waals surface area contributed by atoms with Crippen LogP contribution in [0.15, 0.2) is 68.8 Å². The van der Waals surface area contributed by atoms with Crippen molar-refractivity contribution in [2.24, 2.45) is 7.05 Å². The minimum absolute atomic E-state index is 0.103. The van der Waals surface area contributed by atoms with Gasteiger partial charge >= 0.3 is 5.69 Å². The van der Waals surface area contributed by atoms with E-state index >= 15 is 0 Å². The molecule has 0 aliphatic rings. The molecule has 0 unspecified atom stereocenters. The van der Waals surface area contributed by atoms with Crippen LogP contribution in [0, 0.1) is 6.92 Å². The maximum atomic E-state index is 14.1. The number of rotatable bonds is 6. The summed E-state index contributed by atoms with van der Waals surface area (Å²) in [5, 5.41) is 4.99. The molecule has 0 atom stereocenters. The number of furan rings is 1. The number of pyridine rings is 1. The van der Waals surface area contributed by atoms with E-state index in [1.165, 1.54) is 15.7 Å². The average molecular weight is 500 g/mol. The molecule has 0 saturated heterocycles. The van der Waals surface area contributed by atoms with Crippen molar-refractivity contribution in [1.29, 1.82) is 0 Å². The number of fused-ring (bicyclic) bond motifs is 1. The van der Waals surface area contributed by atoms with Crippen molar-refractivity contribution in [2.75, 3.05) is 17.2 Å². The minimum Gasteiger partial charge on any atom is -0.463 e. The lowest BCUT2D eigenvalue weighted by Gasteiger charge is -2.23. The number of nitrogens with one attached hydrogen (secondary N) is 1. The Morgan fingerprint density at radius 1 is 1.16 bits per heavy atom. The van der Waals surface area contributed by atoms with Crippen LogP contribution in [0.5, 0.6) is 0 Å². The molecule has 11 heteroatoms. The molecule has 11 nitrogen and oxygen atoms in total. The molecule has 188 valence electrons. The number of hydrogen-bond acceptors (Lipinski definition) is 7. The second kappa shape index (κ2) is 9.26. The van der Waals surface area contributed by atoms with Gasteiger partial charge in [-0.3, -0.25) is 23.8 Å². The van der Waals surface area contributed by atoms with Gasteiger partial charge in [0, 0.05) is 13.6 Å². The van der Waals surface area contributed by atoms with E-state index in [-0.39, 0.29) is 30.2 Å². The molecule has 3 N–H and O–H groups in total. The monoisotopic (exact) mass is 499 g/mol. The van der Waals surface area contributed by atoms with E-state index < -0.39 is 17.2 Å². The van der Waals surface area contributed by atoms with Gasteiger partial charge in [0.05, 0.1) is 29.5 Å². The second-order valence-electron chi connectivity index (χ2n) is 8.55. The average Bonchev–Trinajstić information content (AvgIpc) is 3.52. The lowest BCUT2D eigenvalue weighted by Crippen LogP contribution is -2.41. The third-order valence-electron chi connectivity index (χ3n) is 6.20. The molecule has 0 spiro atoms. The van der Waals surface area contributed by atoms with Crippen molar-refractivity contribution in [2.45, 2.75) is 20.4 Å². The molecule has 4 aromatic heterocycles. The molecule has 1 amide bonds. The van der Waals surface area contributed by atoms with E-state index in [9.17, 15) is 14.4 Å². The van der Waals surface area contributed by atoms with E-state index in [0.29, 0.717) is 28.2 Å². The minimum atomic E-state index is -0.749. The third-order valence-corrected chi connectivity index (χ3v) is 6.20. The zero-order valence-corrected chi connectivity index (χ0v) is 20.6. The number of aromatic nitrogens is 5. The van der Waals surface area contributed by atoms with Crippen LogP contribution in [0.3, 0.4) is 0 Å². The van der Waals surface area contributed by atoms with Gasteiger partial charge in [0.2, 0.25) is 0 Å². The standard InChI is InChI=1S/C26H25N7O4/c1-4-32(21-22(27)33(26(36)29-24(21)34)14-16-9-6-5-7-10-16)25(35)17-13-18(19-11-8-12-37-19)28-23-20(17)15(2)30-31(23)3/h5-13H,4,14,27H2,1-3H3,(H,29,34,36).